The maximum Gasteiger partial charge on any atom is 0.141 e. The van der Waals surface area contributed by atoms with Crippen LogP contribution in [0.2, 0.25) is 0 Å². The fourth-order valence-corrected chi connectivity index (χ4v) is 2.78. The van der Waals surface area contributed by atoms with Gasteiger partial charge < -0.3 is 9.67 Å². The van der Waals surface area contributed by atoms with Crippen LogP contribution in [0.25, 0.3) is 11.4 Å². The predicted octanol–water partition coefficient (Wildman–Crippen LogP) is 3.51. The molecular weight excluding hydrogens is 304 g/mol. The van der Waals surface area contributed by atoms with Gasteiger partial charge in [0.1, 0.15) is 10.4 Å². The lowest BCUT2D eigenvalue weighted by Gasteiger charge is -2.08. The van der Waals surface area contributed by atoms with Crippen molar-refractivity contribution in [1.29, 1.82) is 0 Å². The fourth-order valence-electron chi connectivity index (χ4n) is 2.15. The first kappa shape index (κ1) is 14.3. The minimum atomic E-state index is 0.129. The van der Waals surface area contributed by atoms with Crippen LogP contribution in [0.3, 0.4) is 0 Å². The Bertz CT molecular complexity index is 558. The van der Waals surface area contributed by atoms with Gasteiger partial charge in [0.05, 0.1) is 5.69 Å². The molecule has 0 aliphatic heterocycles. The summed E-state index contributed by atoms with van der Waals surface area (Å²) in [6, 6.07) is 8.50. The number of imidazole rings is 1. The zero-order valence-corrected chi connectivity index (χ0v) is 13.1. The molecular formula is C15H19BrN2O. The molecule has 4 heteroatoms. The first-order valence-corrected chi connectivity index (χ1v) is 7.26. The summed E-state index contributed by atoms with van der Waals surface area (Å²) in [5.41, 5.74) is 3.44. The Morgan fingerprint density at radius 1 is 1.26 bits per heavy atom. The van der Waals surface area contributed by atoms with E-state index in [-0.39, 0.29) is 6.61 Å². The molecule has 0 fully saturated rings. The smallest absolute Gasteiger partial charge is 0.141 e. The van der Waals surface area contributed by atoms with E-state index in [1.165, 1.54) is 5.56 Å². The maximum atomic E-state index is 9.08. The van der Waals surface area contributed by atoms with Crippen LogP contribution in [0.15, 0.2) is 28.9 Å². The molecule has 0 spiro atoms. The highest BCUT2D eigenvalue weighted by atomic mass is 79.9. The van der Waals surface area contributed by atoms with E-state index in [9.17, 15) is 0 Å². The third kappa shape index (κ3) is 2.90. The average molecular weight is 323 g/mol. The monoisotopic (exact) mass is 322 g/mol. The highest BCUT2D eigenvalue weighted by Crippen LogP contribution is 2.26. The van der Waals surface area contributed by atoms with E-state index in [4.69, 9.17) is 5.11 Å². The second kappa shape index (κ2) is 5.88. The van der Waals surface area contributed by atoms with Crippen LogP contribution < -0.4 is 0 Å². The molecule has 0 saturated heterocycles. The van der Waals surface area contributed by atoms with Crippen LogP contribution in [-0.2, 0) is 13.5 Å². The molecule has 0 amide bonds. The van der Waals surface area contributed by atoms with Gasteiger partial charge in [0, 0.05) is 25.6 Å². The fraction of sp³-hybridized carbons (Fsp3) is 0.400. The van der Waals surface area contributed by atoms with Crippen LogP contribution in [0.1, 0.15) is 31.0 Å². The van der Waals surface area contributed by atoms with Crippen molar-refractivity contribution in [2.24, 2.45) is 7.05 Å². The number of nitrogens with zero attached hydrogens (tertiary/aromatic N) is 2. The molecule has 1 N–H and O–H groups in total. The Kier molecular flexibility index (Phi) is 4.42. The summed E-state index contributed by atoms with van der Waals surface area (Å²) in [7, 11) is 1.98. The van der Waals surface area contributed by atoms with Gasteiger partial charge in [-0.25, -0.2) is 4.98 Å². The summed E-state index contributed by atoms with van der Waals surface area (Å²) in [4.78, 5) is 4.54. The van der Waals surface area contributed by atoms with Gasteiger partial charge >= 0.3 is 0 Å². The standard InChI is InChI=1S/C15H19BrN2O/c1-10(2)11-4-6-12(7-5-11)15-17-14(16)13(8-9-19)18(15)3/h4-7,10,19H,8-9H2,1-3H3. The minimum absolute atomic E-state index is 0.129. The van der Waals surface area contributed by atoms with E-state index in [2.05, 4.69) is 59.0 Å². The van der Waals surface area contributed by atoms with Crippen LogP contribution in [0.4, 0.5) is 0 Å². The van der Waals surface area contributed by atoms with E-state index in [0.717, 1.165) is 21.7 Å². The van der Waals surface area contributed by atoms with E-state index in [1.807, 2.05) is 11.6 Å². The number of hydrogen-bond donors (Lipinski definition) is 1. The first-order valence-electron chi connectivity index (χ1n) is 6.47. The van der Waals surface area contributed by atoms with E-state index < -0.39 is 0 Å². The molecule has 0 bridgehead atoms. The van der Waals surface area contributed by atoms with Gasteiger partial charge in [-0.15, -0.1) is 0 Å². The van der Waals surface area contributed by atoms with E-state index in [0.29, 0.717) is 12.3 Å². The van der Waals surface area contributed by atoms with Gasteiger partial charge in [0.15, 0.2) is 0 Å². The Hall–Kier alpha value is -1.13. The summed E-state index contributed by atoms with van der Waals surface area (Å²) in [5.74, 6) is 1.46. The number of benzene rings is 1. The van der Waals surface area contributed by atoms with Crippen molar-refractivity contribution in [3.05, 3.63) is 40.1 Å². The molecule has 19 heavy (non-hydrogen) atoms. The summed E-state index contributed by atoms with van der Waals surface area (Å²) in [6.45, 7) is 4.50. The van der Waals surface area contributed by atoms with E-state index in [1.54, 1.807) is 0 Å². The SMILES string of the molecule is CC(C)c1ccc(-c2nc(Br)c(CCO)n2C)cc1. The number of hydrogen-bond acceptors (Lipinski definition) is 2. The number of aliphatic hydroxyl groups excluding tert-OH is 1. The largest absolute Gasteiger partial charge is 0.396 e. The van der Waals surface area contributed by atoms with Gasteiger partial charge in [-0.2, -0.15) is 0 Å². The van der Waals surface area contributed by atoms with E-state index >= 15 is 0 Å². The maximum absolute atomic E-state index is 9.08. The van der Waals surface area contributed by atoms with Crippen molar-refractivity contribution in [2.75, 3.05) is 6.61 Å². The highest BCUT2D eigenvalue weighted by molar-refractivity contribution is 9.10. The topological polar surface area (TPSA) is 38.1 Å². The van der Waals surface area contributed by atoms with Crippen LogP contribution in [-0.4, -0.2) is 21.3 Å². The quantitative estimate of drug-likeness (QED) is 0.935. The molecule has 1 aromatic heterocycles. The molecule has 0 saturated carbocycles. The lowest BCUT2D eigenvalue weighted by molar-refractivity contribution is 0.296. The number of halogens is 1. The number of rotatable bonds is 4. The van der Waals surface area contributed by atoms with Crippen molar-refractivity contribution < 1.29 is 5.11 Å². The van der Waals surface area contributed by atoms with Gasteiger partial charge in [-0.05, 0) is 27.4 Å². The molecule has 1 heterocycles. The second-order valence-electron chi connectivity index (χ2n) is 4.98. The average Bonchev–Trinajstić information content (AvgIpc) is 2.67. The Labute approximate surface area is 122 Å². The Morgan fingerprint density at radius 3 is 2.42 bits per heavy atom. The summed E-state index contributed by atoms with van der Waals surface area (Å²) in [5, 5.41) is 9.08. The molecule has 102 valence electrons. The van der Waals surface area contributed by atoms with Crippen molar-refractivity contribution >= 4 is 15.9 Å². The number of aromatic nitrogens is 2. The first-order chi connectivity index (χ1) is 9.04. The third-order valence-electron chi connectivity index (χ3n) is 3.35. The van der Waals surface area contributed by atoms with Gasteiger partial charge in [0.2, 0.25) is 0 Å². The molecule has 3 nitrogen and oxygen atoms in total. The lowest BCUT2D eigenvalue weighted by Crippen LogP contribution is -2.01. The highest BCUT2D eigenvalue weighted by Gasteiger charge is 2.13. The Morgan fingerprint density at radius 2 is 1.89 bits per heavy atom. The van der Waals surface area contributed by atoms with Crippen LogP contribution in [0.5, 0.6) is 0 Å². The summed E-state index contributed by atoms with van der Waals surface area (Å²) >= 11 is 3.46. The van der Waals surface area contributed by atoms with Crippen molar-refractivity contribution in [1.82, 2.24) is 9.55 Å². The van der Waals surface area contributed by atoms with Gasteiger partial charge in [-0.3, -0.25) is 0 Å². The third-order valence-corrected chi connectivity index (χ3v) is 3.98. The molecule has 0 aliphatic rings. The molecule has 0 unspecified atom stereocenters. The molecule has 2 rings (SSSR count). The Balaban J connectivity index is 2.39. The predicted molar refractivity (Wildman–Crippen MR) is 81.2 cm³/mol. The lowest BCUT2D eigenvalue weighted by atomic mass is 10.0. The zero-order valence-electron chi connectivity index (χ0n) is 11.5. The molecule has 1 aromatic carbocycles. The van der Waals surface area contributed by atoms with Crippen LogP contribution >= 0.6 is 15.9 Å². The molecule has 0 atom stereocenters. The normalized spacial score (nSPS) is 11.3. The van der Waals surface area contributed by atoms with Crippen molar-refractivity contribution in [3.8, 4) is 11.4 Å². The molecule has 2 aromatic rings. The van der Waals surface area contributed by atoms with Gasteiger partial charge in [-0.1, -0.05) is 38.1 Å². The summed E-state index contributed by atoms with van der Waals surface area (Å²) in [6.07, 6.45) is 0.605. The van der Waals surface area contributed by atoms with Crippen LogP contribution in [0, 0.1) is 0 Å². The zero-order chi connectivity index (χ0) is 14.0. The molecule has 0 radical (unpaired) electrons. The number of aliphatic hydroxyl groups is 1. The summed E-state index contributed by atoms with van der Waals surface area (Å²) < 4.78 is 2.84. The van der Waals surface area contributed by atoms with Crippen molar-refractivity contribution in [2.45, 2.75) is 26.2 Å². The van der Waals surface area contributed by atoms with Gasteiger partial charge in [0.25, 0.3) is 0 Å². The minimum Gasteiger partial charge on any atom is -0.396 e. The second-order valence-corrected chi connectivity index (χ2v) is 5.73. The molecule has 0 aliphatic carbocycles. The van der Waals surface area contributed by atoms with Crippen molar-refractivity contribution in [3.63, 3.8) is 0 Å².